The van der Waals surface area contributed by atoms with Crippen molar-refractivity contribution in [3.63, 3.8) is 0 Å². The number of non-ortho nitro benzene ring substituents is 1. The second-order valence-corrected chi connectivity index (χ2v) is 9.67. The van der Waals surface area contributed by atoms with Crippen LogP contribution in [0.25, 0.3) is 6.08 Å². The first-order valence-electron chi connectivity index (χ1n) is 10.00. The van der Waals surface area contributed by atoms with Crippen molar-refractivity contribution in [3.8, 4) is 0 Å². The first-order chi connectivity index (χ1) is 15.2. The second-order valence-electron chi connectivity index (χ2n) is 7.45. The van der Waals surface area contributed by atoms with E-state index >= 15 is 0 Å². The largest absolute Gasteiger partial charge is 0.323 e. The minimum Gasteiger partial charge on any atom is -0.323 e. The van der Waals surface area contributed by atoms with E-state index in [9.17, 15) is 23.3 Å². The molecule has 170 valence electrons. The van der Waals surface area contributed by atoms with Crippen LogP contribution in [-0.4, -0.2) is 55.8 Å². The Morgan fingerprint density at radius 1 is 1.22 bits per heavy atom. The number of nitro groups is 1. The minimum atomic E-state index is -3.56. The van der Waals surface area contributed by atoms with E-state index in [4.69, 9.17) is 11.6 Å². The fourth-order valence-corrected chi connectivity index (χ4v) is 4.78. The van der Waals surface area contributed by atoms with Gasteiger partial charge in [0.25, 0.3) is 11.6 Å². The van der Waals surface area contributed by atoms with Gasteiger partial charge in [0.05, 0.1) is 41.8 Å². The number of piperazine rings is 1. The van der Waals surface area contributed by atoms with Gasteiger partial charge in [-0.05, 0) is 24.6 Å². The fraction of sp³-hybridized carbons (Fsp3) is 0.286. The number of hydrogen-bond acceptors (Lipinski definition) is 5. The number of carbonyl (C=O) groups excluding carboxylic acids is 1. The number of hydrogen-bond donors (Lipinski definition) is 2. The van der Waals surface area contributed by atoms with Crippen LogP contribution >= 0.6 is 11.6 Å². The number of nitrogens with one attached hydrogen (secondary N) is 2. The number of nitro benzene ring substituents is 1. The van der Waals surface area contributed by atoms with Crippen LogP contribution in [0.1, 0.15) is 12.5 Å². The van der Waals surface area contributed by atoms with Crippen LogP contribution in [0.15, 0.2) is 53.9 Å². The number of carbonyl (C=O) groups is 1. The van der Waals surface area contributed by atoms with Crippen LogP contribution in [0.3, 0.4) is 0 Å². The summed E-state index contributed by atoms with van der Waals surface area (Å²) in [6.07, 6.45) is 1.56. The summed E-state index contributed by atoms with van der Waals surface area (Å²) in [7, 11) is -3.56. The molecular weight excluding hydrogens is 456 g/mol. The van der Waals surface area contributed by atoms with Gasteiger partial charge < -0.3 is 10.2 Å². The van der Waals surface area contributed by atoms with E-state index in [1.165, 1.54) is 27.9 Å². The molecule has 2 aromatic rings. The number of amides is 1. The molecule has 1 saturated heterocycles. The smallest absolute Gasteiger partial charge is 0.282 e. The highest BCUT2D eigenvalue weighted by atomic mass is 35.5. The van der Waals surface area contributed by atoms with Crippen LogP contribution in [0, 0.1) is 10.1 Å². The van der Waals surface area contributed by atoms with Gasteiger partial charge in [-0.15, -0.1) is 0 Å². The van der Waals surface area contributed by atoms with E-state index < -0.39 is 21.0 Å². The van der Waals surface area contributed by atoms with E-state index in [1.807, 2.05) is 30.3 Å². The van der Waals surface area contributed by atoms with Gasteiger partial charge in [-0.25, -0.2) is 8.42 Å². The first-order valence-corrected chi connectivity index (χ1v) is 11.9. The van der Waals surface area contributed by atoms with Crippen molar-refractivity contribution in [1.82, 2.24) is 4.31 Å². The van der Waals surface area contributed by atoms with Crippen molar-refractivity contribution in [1.29, 1.82) is 0 Å². The first kappa shape index (κ1) is 23.9. The summed E-state index contributed by atoms with van der Waals surface area (Å²) in [5.74, 6) is -0.345. The number of nitrogens with zero attached hydrogens (tertiary/aromatic N) is 2. The van der Waals surface area contributed by atoms with Crippen molar-refractivity contribution >= 4 is 45.0 Å². The second kappa shape index (κ2) is 10.2. The Morgan fingerprint density at radius 3 is 2.50 bits per heavy atom. The lowest BCUT2D eigenvalue weighted by Crippen LogP contribution is -3.19. The normalized spacial score (nSPS) is 16.7. The van der Waals surface area contributed by atoms with Gasteiger partial charge in [0, 0.05) is 17.5 Å². The van der Waals surface area contributed by atoms with Crippen molar-refractivity contribution in [2.75, 3.05) is 31.5 Å². The number of halogens is 1. The molecule has 0 bridgehead atoms. The third-order valence-electron chi connectivity index (χ3n) is 5.38. The molecule has 9 nitrogen and oxygen atoms in total. The maximum atomic E-state index is 12.7. The van der Waals surface area contributed by atoms with Gasteiger partial charge in [0.1, 0.15) is 0 Å². The molecule has 1 fully saturated rings. The van der Waals surface area contributed by atoms with E-state index in [1.54, 1.807) is 13.0 Å². The Labute approximate surface area is 191 Å². The van der Waals surface area contributed by atoms with Crippen LogP contribution in [-0.2, 0) is 14.8 Å². The lowest BCUT2D eigenvalue weighted by atomic mass is 10.2. The minimum absolute atomic E-state index is 0.171. The Balaban J connectivity index is 1.58. The molecule has 0 aliphatic carbocycles. The molecule has 0 unspecified atom stereocenters. The van der Waals surface area contributed by atoms with Crippen molar-refractivity contribution < 1.29 is 23.0 Å². The van der Waals surface area contributed by atoms with Gasteiger partial charge in [0.15, 0.2) is 6.04 Å². The molecule has 0 spiro atoms. The van der Waals surface area contributed by atoms with Crippen molar-refractivity contribution in [2.45, 2.75) is 13.0 Å². The molecule has 2 N–H and O–H groups in total. The molecule has 3 rings (SSSR count). The molecule has 0 saturated carbocycles. The molecule has 0 aromatic heterocycles. The van der Waals surface area contributed by atoms with Crippen LogP contribution in [0.4, 0.5) is 11.4 Å². The summed E-state index contributed by atoms with van der Waals surface area (Å²) >= 11 is 6.05. The summed E-state index contributed by atoms with van der Waals surface area (Å²) in [6, 6.07) is 12.5. The Kier molecular flexibility index (Phi) is 7.62. The lowest BCUT2D eigenvalue weighted by Gasteiger charge is -2.33. The van der Waals surface area contributed by atoms with Gasteiger partial charge in [-0.3, -0.25) is 14.9 Å². The van der Waals surface area contributed by atoms with Crippen LogP contribution < -0.4 is 10.2 Å². The molecule has 1 aliphatic heterocycles. The van der Waals surface area contributed by atoms with Crippen molar-refractivity contribution in [2.24, 2.45) is 0 Å². The van der Waals surface area contributed by atoms with Crippen molar-refractivity contribution in [3.05, 3.63) is 74.6 Å². The third-order valence-corrected chi connectivity index (χ3v) is 7.28. The molecule has 1 amide bonds. The van der Waals surface area contributed by atoms with Crippen LogP contribution in [0.5, 0.6) is 0 Å². The predicted octanol–water partition coefficient (Wildman–Crippen LogP) is 1.78. The van der Waals surface area contributed by atoms with E-state index in [0.717, 1.165) is 10.5 Å². The summed E-state index contributed by atoms with van der Waals surface area (Å²) in [6.45, 7) is 3.21. The van der Waals surface area contributed by atoms with Gasteiger partial charge in [0.2, 0.25) is 10.0 Å². The van der Waals surface area contributed by atoms with E-state index in [2.05, 4.69) is 5.32 Å². The van der Waals surface area contributed by atoms with Gasteiger partial charge in [-0.1, -0.05) is 41.9 Å². The standard InChI is InChI=1S/C21H23ClN4O5S/c1-16(21(27)23-20-15-18(26(28)29)7-8-19(20)22)24-10-12-25(13-11-24)32(30,31)14-9-17-5-3-2-4-6-17/h2-9,14-16H,10-13H2,1H3,(H,23,27)/p+1/b14-9+/t16-/m1/s1. The highest BCUT2D eigenvalue weighted by Crippen LogP contribution is 2.26. The monoisotopic (exact) mass is 479 g/mol. The Morgan fingerprint density at radius 2 is 1.88 bits per heavy atom. The molecule has 1 aliphatic rings. The maximum Gasteiger partial charge on any atom is 0.282 e. The predicted molar refractivity (Wildman–Crippen MR) is 123 cm³/mol. The number of quaternary nitrogens is 1. The third kappa shape index (κ3) is 5.92. The maximum absolute atomic E-state index is 12.7. The average Bonchev–Trinajstić information content (AvgIpc) is 2.79. The Bertz CT molecular complexity index is 1120. The zero-order valence-electron chi connectivity index (χ0n) is 17.4. The molecule has 1 heterocycles. The number of anilines is 1. The highest BCUT2D eigenvalue weighted by Gasteiger charge is 2.33. The summed E-state index contributed by atoms with van der Waals surface area (Å²) < 4.78 is 26.6. The topological polar surface area (TPSA) is 114 Å². The average molecular weight is 480 g/mol. The lowest BCUT2D eigenvalue weighted by molar-refractivity contribution is -0.917. The zero-order chi connectivity index (χ0) is 23.3. The molecule has 0 radical (unpaired) electrons. The SMILES string of the molecule is C[C@H](C(=O)Nc1cc([N+](=O)[O-])ccc1Cl)[NH+]1CCN(S(=O)(=O)/C=C/c2ccccc2)CC1. The van der Waals surface area contributed by atoms with Gasteiger partial charge in [-0.2, -0.15) is 4.31 Å². The highest BCUT2D eigenvalue weighted by molar-refractivity contribution is 7.92. The summed E-state index contributed by atoms with van der Waals surface area (Å²) in [5.41, 5.74) is 0.793. The zero-order valence-corrected chi connectivity index (χ0v) is 19.0. The van der Waals surface area contributed by atoms with E-state index in [0.29, 0.717) is 13.1 Å². The number of benzene rings is 2. The van der Waals surface area contributed by atoms with Gasteiger partial charge >= 0.3 is 0 Å². The molecule has 11 heteroatoms. The van der Waals surface area contributed by atoms with E-state index in [-0.39, 0.29) is 35.4 Å². The fourth-order valence-electron chi connectivity index (χ4n) is 3.42. The molecule has 2 aromatic carbocycles. The summed E-state index contributed by atoms with van der Waals surface area (Å²) in [4.78, 5) is 24.0. The molecule has 1 atom stereocenters. The quantitative estimate of drug-likeness (QED) is 0.464. The number of sulfonamides is 1. The van der Waals surface area contributed by atoms with Crippen LogP contribution in [0.2, 0.25) is 5.02 Å². The Hall–Kier alpha value is -2.79. The summed E-state index contributed by atoms with van der Waals surface area (Å²) in [5, 5.41) is 15.0. The number of rotatable bonds is 7. The molecular formula is C21H24ClN4O5S+. The molecule has 32 heavy (non-hydrogen) atoms.